The molecule has 0 fully saturated rings. The highest BCUT2D eigenvalue weighted by atomic mass is 16.7. The summed E-state index contributed by atoms with van der Waals surface area (Å²) in [5.41, 5.74) is 0.904. The molecule has 1 aromatic rings. The molecule has 0 radical (unpaired) electrons. The van der Waals surface area contributed by atoms with Crippen molar-refractivity contribution >= 4 is 5.97 Å². The van der Waals surface area contributed by atoms with Gasteiger partial charge in [0.05, 0.1) is 5.92 Å². The molecule has 0 N–H and O–H groups in total. The van der Waals surface area contributed by atoms with E-state index in [1.165, 1.54) is 0 Å². The van der Waals surface area contributed by atoms with Crippen LogP contribution < -0.4 is 0 Å². The Morgan fingerprint density at radius 1 is 1.10 bits per heavy atom. The summed E-state index contributed by atoms with van der Waals surface area (Å²) in [5.74, 6) is -0.318. The molecular formula is C17H26O3. The SMILES string of the molecule is COC(OC(=O)C(C)C(C)c1ccccc1)C(C)(C)C. The second-order valence-corrected chi connectivity index (χ2v) is 6.36. The van der Waals surface area contributed by atoms with E-state index in [0.717, 1.165) is 5.56 Å². The lowest BCUT2D eigenvalue weighted by Gasteiger charge is -2.30. The number of hydrogen-bond donors (Lipinski definition) is 0. The molecule has 0 aliphatic rings. The molecule has 3 nitrogen and oxygen atoms in total. The Labute approximate surface area is 122 Å². The highest BCUT2D eigenvalue weighted by Crippen LogP contribution is 2.28. The van der Waals surface area contributed by atoms with Gasteiger partial charge in [0.1, 0.15) is 0 Å². The Kier molecular flexibility index (Phi) is 5.75. The maximum absolute atomic E-state index is 12.3. The molecule has 0 bridgehead atoms. The third-order valence-electron chi connectivity index (χ3n) is 3.59. The first kappa shape index (κ1) is 16.7. The number of carbonyl (C=O) groups is 1. The minimum Gasteiger partial charge on any atom is -0.435 e. The Morgan fingerprint density at radius 3 is 2.10 bits per heavy atom. The Morgan fingerprint density at radius 2 is 1.65 bits per heavy atom. The second-order valence-electron chi connectivity index (χ2n) is 6.36. The zero-order valence-corrected chi connectivity index (χ0v) is 13.3. The number of esters is 1. The molecule has 0 amide bonds. The van der Waals surface area contributed by atoms with E-state index in [1.807, 2.05) is 65.0 Å². The first-order chi connectivity index (χ1) is 9.27. The van der Waals surface area contributed by atoms with E-state index >= 15 is 0 Å². The van der Waals surface area contributed by atoms with Crippen LogP contribution in [0.3, 0.4) is 0 Å². The van der Waals surface area contributed by atoms with Gasteiger partial charge in [-0.05, 0) is 11.5 Å². The van der Waals surface area contributed by atoms with Crippen molar-refractivity contribution in [3.63, 3.8) is 0 Å². The average molecular weight is 278 g/mol. The first-order valence-corrected chi connectivity index (χ1v) is 7.05. The van der Waals surface area contributed by atoms with Crippen molar-refractivity contribution in [1.29, 1.82) is 0 Å². The third kappa shape index (κ3) is 4.34. The number of rotatable bonds is 5. The van der Waals surface area contributed by atoms with Gasteiger partial charge in [0.15, 0.2) is 0 Å². The van der Waals surface area contributed by atoms with Gasteiger partial charge in [-0.15, -0.1) is 0 Å². The smallest absolute Gasteiger partial charge is 0.311 e. The number of hydrogen-bond acceptors (Lipinski definition) is 3. The summed E-state index contributed by atoms with van der Waals surface area (Å²) in [6.45, 7) is 9.90. The lowest BCUT2D eigenvalue weighted by Crippen LogP contribution is -2.35. The van der Waals surface area contributed by atoms with E-state index in [1.54, 1.807) is 7.11 Å². The molecular weight excluding hydrogens is 252 g/mol. The second kappa shape index (κ2) is 6.89. The van der Waals surface area contributed by atoms with Crippen LogP contribution >= 0.6 is 0 Å². The molecule has 0 aromatic heterocycles. The van der Waals surface area contributed by atoms with Gasteiger partial charge in [0.2, 0.25) is 6.29 Å². The predicted molar refractivity (Wildman–Crippen MR) is 80.4 cm³/mol. The molecule has 3 atom stereocenters. The summed E-state index contributed by atoms with van der Waals surface area (Å²) in [4.78, 5) is 12.3. The largest absolute Gasteiger partial charge is 0.435 e. The van der Waals surface area contributed by atoms with Gasteiger partial charge in [-0.1, -0.05) is 65.0 Å². The van der Waals surface area contributed by atoms with E-state index in [9.17, 15) is 4.79 Å². The topological polar surface area (TPSA) is 35.5 Å². The van der Waals surface area contributed by atoms with E-state index in [-0.39, 0.29) is 23.2 Å². The molecule has 0 aliphatic heterocycles. The summed E-state index contributed by atoms with van der Waals surface area (Å²) in [6.07, 6.45) is -0.527. The fourth-order valence-corrected chi connectivity index (χ4v) is 2.04. The quantitative estimate of drug-likeness (QED) is 0.603. The van der Waals surface area contributed by atoms with Crippen molar-refractivity contribution in [3.8, 4) is 0 Å². The lowest BCUT2D eigenvalue weighted by atomic mass is 9.89. The molecule has 0 saturated carbocycles. The number of benzene rings is 1. The predicted octanol–water partition coefficient (Wildman–Crippen LogP) is 3.99. The van der Waals surface area contributed by atoms with E-state index in [0.29, 0.717) is 0 Å². The van der Waals surface area contributed by atoms with E-state index in [4.69, 9.17) is 9.47 Å². The van der Waals surface area contributed by atoms with E-state index in [2.05, 4.69) is 0 Å². The molecule has 0 spiro atoms. The molecule has 0 saturated heterocycles. The van der Waals surface area contributed by atoms with E-state index < -0.39 is 6.29 Å². The number of carbonyl (C=O) groups excluding carboxylic acids is 1. The standard InChI is InChI=1S/C17H26O3/c1-12(14-10-8-7-9-11-14)13(2)15(18)20-16(19-6)17(3,4)5/h7-13,16H,1-6H3. The van der Waals surface area contributed by atoms with Gasteiger partial charge >= 0.3 is 5.97 Å². The maximum atomic E-state index is 12.3. The van der Waals surface area contributed by atoms with Crippen LogP contribution in [0, 0.1) is 11.3 Å². The van der Waals surface area contributed by atoms with Crippen molar-refractivity contribution in [2.45, 2.75) is 46.8 Å². The van der Waals surface area contributed by atoms with Gasteiger partial charge in [-0.2, -0.15) is 0 Å². The molecule has 0 aliphatic carbocycles. The minimum atomic E-state index is -0.527. The molecule has 1 aromatic carbocycles. The van der Waals surface area contributed by atoms with Crippen LogP contribution in [0.1, 0.15) is 46.1 Å². The minimum absolute atomic E-state index is 0.112. The lowest BCUT2D eigenvalue weighted by molar-refractivity contribution is -0.199. The summed E-state index contributed by atoms with van der Waals surface area (Å²) in [5, 5.41) is 0. The fraction of sp³-hybridized carbons (Fsp3) is 0.588. The molecule has 1 rings (SSSR count). The number of methoxy groups -OCH3 is 1. The zero-order valence-electron chi connectivity index (χ0n) is 13.3. The normalized spacial score (nSPS) is 16.3. The van der Waals surface area contributed by atoms with Crippen LogP contribution in [0.2, 0.25) is 0 Å². The molecule has 20 heavy (non-hydrogen) atoms. The summed E-state index contributed by atoms with van der Waals surface area (Å²) in [7, 11) is 1.56. The van der Waals surface area contributed by atoms with Crippen LogP contribution in [-0.4, -0.2) is 19.4 Å². The van der Waals surface area contributed by atoms with Crippen molar-refractivity contribution in [2.75, 3.05) is 7.11 Å². The maximum Gasteiger partial charge on any atom is 0.311 e. The first-order valence-electron chi connectivity index (χ1n) is 7.05. The van der Waals surface area contributed by atoms with Gasteiger partial charge in [0, 0.05) is 12.5 Å². The summed E-state index contributed by atoms with van der Waals surface area (Å²) in [6, 6.07) is 10.0. The van der Waals surface area contributed by atoms with Crippen LogP contribution in [-0.2, 0) is 14.3 Å². The number of ether oxygens (including phenoxy) is 2. The molecule has 3 unspecified atom stereocenters. The van der Waals surface area contributed by atoms with Crippen LogP contribution in [0.15, 0.2) is 30.3 Å². The Balaban J connectivity index is 2.72. The van der Waals surface area contributed by atoms with Gasteiger partial charge < -0.3 is 9.47 Å². The zero-order chi connectivity index (χ0) is 15.3. The average Bonchev–Trinajstić information content (AvgIpc) is 2.42. The van der Waals surface area contributed by atoms with Gasteiger partial charge in [-0.3, -0.25) is 4.79 Å². The van der Waals surface area contributed by atoms with Gasteiger partial charge in [-0.25, -0.2) is 0 Å². The fourth-order valence-electron chi connectivity index (χ4n) is 2.04. The Hall–Kier alpha value is -1.35. The highest BCUT2D eigenvalue weighted by Gasteiger charge is 2.31. The van der Waals surface area contributed by atoms with Crippen molar-refractivity contribution in [2.24, 2.45) is 11.3 Å². The van der Waals surface area contributed by atoms with Crippen molar-refractivity contribution in [1.82, 2.24) is 0 Å². The molecule has 0 heterocycles. The van der Waals surface area contributed by atoms with Crippen molar-refractivity contribution in [3.05, 3.63) is 35.9 Å². The van der Waals surface area contributed by atoms with Crippen LogP contribution in [0.5, 0.6) is 0 Å². The van der Waals surface area contributed by atoms with Crippen molar-refractivity contribution < 1.29 is 14.3 Å². The highest BCUT2D eigenvalue weighted by molar-refractivity contribution is 5.73. The summed E-state index contributed by atoms with van der Waals surface area (Å²) >= 11 is 0. The monoisotopic (exact) mass is 278 g/mol. The third-order valence-corrected chi connectivity index (χ3v) is 3.59. The molecule has 112 valence electrons. The Bertz CT molecular complexity index is 420. The molecule has 3 heteroatoms. The van der Waals surface area contributed by atoms with Crippen LogP contribution in [0.25, 0.3) is 0 Å². The summed E-state index contributed by atoms with van der Waals surface area (Å²) < 4.78 is 10.8. The van der Waals surface area contributed by atoms with Crippen LogP contribution in [0.4, 0.5) is 0 Å². The van der Waals surface area contributed by atoms with Gasteiger partial charge in [0.25, 0.3) is 0 Å².